The van der Waals surface area contributed by atoms with E-state index < -0.39 is 5.60 Å². The summed E-state index contributed by atoms with van der Waals surface area (Å²) >= 11 is 0. The number of fused-ring (bicyclic) bond motifs is 5. The molecule has 3 aromatic rings. The van der Waals surface area contributed by atoms with E-state index >= 15 is 0 Å². The third-order valence-corrected chi connectivity index (χ3v) is 6.20. The van der Waals surface area contributed by atoms with E-state index in [1.165, 1.54) is 41.5 Å². The molecule has 4 nitrogen and oxygen atoms in total. The lowest BCUT2D eigenvalue weighted by Gasteiger charge is -2.32. The quantitative estimate of drug-likeness (QED) is 0.755. The van der Waals surface area contributed by atoms with Crippen molar-refractivity contribution in [2.45, 2.75) is 51.8 Å². The van der Waals surface area contributed by atoms with E-state index in [2.05, 4.69) is 38.7 Å². The maximum atomic E-state index is 11.2. The van der Waals surface area contributed by atoms with Crippen LogP contribution in [0.25, 0.3) is 10.9 Å². The minimum Gasteiger partial charge on any atom is -0.384 e. The lowest BCUT2D eigenvalue weighted by atomic mass is 9.95. The smallest absolute Gasteiger partial charge is 0.106 e. The molecule has 2 unspecified atom stereocenters. The number of aliphatic hydroxyl groups is 1. The summed E-state index contributed by atoms with van der Waals surface area (Å²) < 4.78 is 2.37. The monoisotopic (exact) mass is 363 g/mol. The summed E-state index contributed by atoms with van der Waals surface area (Å²) in [5.41, 5.74) is 4.08. The number of rotatable bonds is 3. The fourth-order valence-electron chi connectivity index (χ4n) is 4.96. The van der Waals surface area contributed by atoms with Crippen LogP contribution in [0.3, 0.4) is 0 Å². The molecule has 4 heterocycles. The molecule has 0 amide bonds. The number of aromatic nitrogens is 2. The Balaban J connectivity index is 0.00000180. The fourth-order valence-corrected chi connectivity index (χ4v) is 4.96. The van der Waals surface area contributed by atoms with E-state index in [1.54, 1.807) is 12.4 Å². The number of benzene rings is 1. The normalized spacial score (nSPS) is 21.3. The number of hydrogen-bond acceptors (Lipinski definition) is 3. The lowest BCUT2D eigenvalue weighted by molar-refractivity contribution is 0.0380. The largest absolute Gasteiger partial charge is 0.384 e. The minimum absolute atomic E-state index is 0. The molecule has 1 fully saturated rings. The van der Waals surface area contributed by atoms with Gasteiger partial charge in [0.2, 0.25) is 0 Å². The highest BCUT2D eigenvalue weighted by molar-refractivity contribution is 5.86. The van der Waals surface area contributed by atoms with Crippen LogP contribution in [0.4, 0.5) is 0 Å². The molecular formula is C23H29N3O. The van der Waals surface area contributed by atoms with Crippen molar-refractivity contribution in [1.82, 2.24) is 14.5 Å². The second kappa shape index (κ2) is 6.77. The second-order valence-electron chi connectivity index (χ2n) is 7.92. The Bertz CT molecular complexity index is 945. The summed E-state index contributed by atoms with van der Waals surface area (Å²) in [6.45, 7) is 4.80. The Labute approximate surface area is 161 Å². The van der Waals surface area contributed by atoms with Crippen LogP contribution in [-0.2, 0) is 18.6 Å². The van der Waals surface area contributed by atoms with Gasteiger partial charge in [0.15, 0.2) is 0 Å². The van der Waals surface area contributed by atoms with E-state index in [9.17, 15) is 5.11 Å². The van der Waals surface area contributed by atoms with Gasteiger partial charge in [-0.1, -0.05) is 31.7 Å². The Morgan fingerprint density at radius 2 is 2.04 bits per heavy atom. The third kappa shape index (κ3) is 2.88. The van der Waals surface area contributed by atoms with E-state index in [0.29, 0.717) is 12.6 Å². The summed E-state index contributed by atoms with van der Waals surface area (Å²) in [7, 11) is 0. The molecule has 2 atom stereocenters. The topological polar surface area (TPSA) is 41.3 Å². The zero-order valence-corrected chi connectivity index (χ0v) is 15.2. The number of hydrogen-bond donors (Lipinski definition) is 1. The van der Waals surface area contributed by atoms with Gasteiger partial charge in [-0.25, -0.2) is 0 Å². The summed E-state index contributed by atoms with van der Waals surface area (Å²) in [4.78, 5) is 6.83. The molecule has 1 aromatic carbocycles. The summed E-state index contributed by atoms with van der Waals surface area (Å²) in [5, 5.41) is 12.6. The molecule has 1 N–H and O–H groups in total. The Morgan fingerprint density at radius 3 is 2.85 bits per heavy atom. The number of para-hydroxylation sites is 1. The highest BCUT2D eigenvalue weighted by atomic mass is 16.3. The van der Waals surface area contributed by atoms with Gasteiger partial charge >= 0.3 is 0 Å². The molecule has 0 spiro atoms. The van der Waals surface area contributed by atoms with E-state index in [1.807, 2.05) is 19.1 Å². The standard InChI is InChI=1S/C22H25N3O.CH4/c1-22(26,16-6-4-11-23-14-16)15-25-18-8-3-2-7-17(18)21-19-9-5-12-24(19)13-10-20(21)25;/h2-4,6-8,11,14,19,26H,5,9-10,12-13,15H2,1H3;1H4. The van der Waals surface area contributed by atoms with Gasteiger partial charge in [-0.3, -0.25) is 9.88 Å². The molecule has 0 saturated carbocycles. The van der Waals surface area contributed by atoms with Crippen molar-refractivity contribution in [3.8, 4) is 0 Å². The summed E-state index contributed by atoms with van der Waals surface area (Å²) in [6, 6.07) is 13.1. The molecule has 1 saturated heterocycles. The molecule has 0 bridgehead atoms. The minimum atomic E-state index is -0.948. The van der Waals surface area contributed by atoms with Crippen LogP contribution in [-0.4, -0.2) is 32.6 Å². The van der Waals surface area contributed by atoms with Crippen LogP contribution < -0.4 is 0 Å². The number of nitrogens with zero attached hydrogens (tertiary/aromatic N) is 3. The first-order valence-corrected chi connectivity index (χ1v) is 9.62. The first-order valence-electron chi connectivity index (χ1n) is 9.62. The Morgan fingerprint density at radius 1 is 1.19 bits per heavy atom. The molecule has 2 aliphatic heterocycles. The van der Waals surface area contributed by atoms with Gasteiger partial charge in [-0.05, 0) is 44.0 Å². The highest BCUT2D eigenvalue weighted by Gasteiger charge is 2.36. The van der Waals surface area contributed by atoms with Crippen LogP contribution in [0.1, 0.15) is 50.1 Å². The average molecular weight is 364 g/mol. The second-order valence-corrected chi connectivity index (χ2v) is 7.92. The van der Waals surface area contributed by atoms with Gasteiger partial charge in [0.05, 0.1) is 6.54 Å². The van der Waals surface area contributed by atoms with Crippen LogP contribution in [0, 0.1) is 0 Å². The van der Waals surface area contributed by atoms with E-state index in [0.717, 1.165) is 18.5 Å². The van der Waals surface area contributed by atoms with Crippen molar-refractivity contribution in [1.29, 1.82) is 0 Å². The third-order valence-electron chi connectivity index (χ3n) is 6.20. The van der Waals surface area contributed by atoms with Crippen LogP contribution in [0.15, 0.2) is 48.8 Å². The highest BCUT2D eigenvalue weighted by Crippen LogP contribution is 2.43. The summed E-state index contributed by atoms with van der Waals surface area (Å²) in [5.74, 6) is 0. The van der Waals surface area contributed by atoms with Gasteiger partial charge in [0.1, 0.15) is 5.60 Å². The van der Waals surface area contributed by atoms with Gasteiger partial charge in [0.25, 0.3) is 0 Å². The lowest BCUT2D eigenvalue weighted by Crippen LogP contribution is -2.33. The molecule has 2 aromatic heterocycles. The predicted octanol–water partition coefficient (Wildman–Crippen LogP) is 4.27. The van der Waals surface area contributed by atoms with Gasteiger partial charge in [-0.15, -0.1) is 0 Å². The van der Waals surface area contributed by atoms with Crippen LogP contribution in [0.5, 0.6) is 0 Å². The van der Waals surface area contributed by atoms with Crippen molar-refractivity contribution >= 4 is 10.9 Å². The van der Waals surface area contributed by atoms with Crippen molar-refractivity contribution < 1.29 is 5.11 Å². The molecule has 142 valence electrons. The fraction of sp³-hybridized carbons (Fsp3) is 0.435. The predicted molar refractivity (Wildman–Crippen MR) is 110 cm³/mol. The Kier molecular flexibility index (Phi) is 4.57. The average Bonchev–Trinajstić information content (AvgIpc) is 3.25. The molecule has 27 heavy (non-hydrogen) atoms. The van der Waals surface area contributed by atoms with Gasteiger partial charge in [0, 0.05) is 53.6 Å². The maximum Gasteiger partial charge on any atom is 0.106 e. The summed E-state index contributed by atoms with van der Waals surface area (Å²) in [6.07, 6.45) is 7.12. The molecular weight excluding hydrogens is 334 g/mol. The van der Waals surface area contributed by atoms with Crippen molar-refractivity contribution in [2.75, 3.05) is 13.1 Å². The van der Waals surface area contributed by atoms with Crippen molar-refractivity contribution in [3.63, 3.8) is 0 Å². The van der Waals surface area contributed by atoms with Crippen LogP contribution >= 0.6 is 0 Å². The van der Waals surface area contributed by atoms with Gasteiger partial charge < -0.3 is 9.67 Å². The SMILES string of the molecule is C.CC(O)(Cn1c2c(c3ccccc31)C1CCCN1CC2)c1cccnc1. The molecule has 0 aliphatic carbocycles. The first kappa shape index (κ1) is 18.2. The first-order chi connectivity index (χ1) is 12.6. The van der Waals surface area contributed by atoms with Crippen molar-refractivity contribution in [2.24, 2.45) is 0 Å². The van der Waals surface area contributed by atoms with Crippen molar-refractivity contribution in [3.05, 3.63) is 65.6 Å². The molecule has 0 radical (unpaired) electrons. The van der Waals surface area contributed by atoms with E-state index in [-0.39, 0.29) is 7.43 Å². The van der Waals surface area contributed by atoms with Crippen LogP contribution in [0.2, 0.25) is 0 Å². The molecule has 2 aliphatic rings. The van der Waals surface area contributed by atoms with E-state index in [4.69, 9.17) is 0 Å². The zero-order chi connectivity index (χ0) is 17.7. The van der Waals surface area contributed by atoms with Gasteiger partial charge in [-0.2, -0.15) is 0 Å². The number of pyridine rings is 1. The Hall–Kier alpha value is -2.17. The maximum absolute atomic E-state index is 11.2. The zero-order valence-electron chi connectivity index (χ0n) is 15.2. The molecule has 5 rings (SSSR count). The molecule has 4 heteroatoms.